The van der Waals surface area contributed by atoms with Gasteiger partial charge in [-0.25, -0.2) is 4.79 Å². The molecule has 8 nitrogen and oxygen atoms in total. The molecule has 0 fully saturated rings. The second-order valence-corrected chi connectivity index (χ2v) is 7.42. The zero-order valence-electron chi connectivity index (χ0n) is 18.8. The Kier molecular flexibility index (Phi) is 8.26. The molecule has 1 heterocycles. The van der Waals surface area contributed by atoms with Gasteiger partial charge in [0.05, 0.1) is 5.56 Å². The highest BCUT2D eigenvalue weighted by Crippen LogP contribution is 2.32. The van der Waals surface area contributed by atoms with E-state index in [0.717, 1.165) is 17.7 Å². The van der Waals surface area contributed by atoms with Crippen LogP contribution in [0.3, 0.4) is 0 Å². The lowest BCUT2D eigenvalue weighted by Gasteiger charge is -2.15. The summed E-state index contributed by atoms with van der Waals surface area (Å²) in [5, 5.41) is 7.57. The van der Waals surface area contributed by atoms with Crippen LogP contribution in [0, 0.1) is 0 Å². The number of urea groups is 1. The van der Waals surface area contributed by atoms with Crippen LogP contribution in [0.1, 0.15) is 27.2 Å². The summed E-state index contributed by atoms with van der Waals surface area (Å²) in [6.45, 7) is 0.357. The minimum atomic E-state index is -4.53. The van der Waals surface area contributed by atoms with Crippen molar-refractivity contribution >= 4 is 17.6 Å². The van der Waals surface area contributed by atoms with Crippen molar-refractivity contribution in [3.63, 3.8) is 0 Å². The number of hydrogen-bond donors (Lipinski definition) is 4. The standard InChI is InChI=1S/C24H24F3N5O3/c1-29-22(33)21-13-19(9-11-30-21)35-18-6-2-15(3-7-18)14-31-23(34)32-20-12-17(24(25,26)27)5-4-16(20)8-10-28/h2-7,9,11-13H,8,10,14,28H2,1H3,(H,29,33)(H2,31,32,34). The Bertz CT molecular complexity index is 1180. The molecule has 0 unspecified atom stereocenters. The van der Waals surface area contributed by atoms with Gasteiger partial charge in [0.25, 0.3) is 5.91 Å². The highest BCUT2D eigenvalue weighted by Gasteiger charge is 2.31. The number of benzene rings is 2. The molecule has 0 spiro atoms. The fourth-order valence-electron chi connectivity index (χ4n) is 3.13. The predicted molar refractivity (Wildman–Crippen MR) is 124 cm³/mol. The predicted octanol–water partition coefficient (Wildman–Crippen LogP) is 4.08. The number of carbonyl (C=O) groups is 2. The average molecular weight is 487 g/mol. The lowest BCUT2D eigenvalue weighted by atomic mass is 10.1. The SMILES string of the molecule is CNC(=O)c1cc(Oc2ccc(CNC(=O)Nc3cc(C(F)(F)F)ccc3CCN)cc2)ccn1. The van der Waals surface area contributed by atoms with Crippen LogP contribution in [0.15, 0.2) is 60.8 Å². The normalized spacial score (nSPS) is 11.0. The number of alkyl halides is 3. The summed E-state index contributed by atoms with van der Waals surface area (Å²) in [7, 11) is 1.50. The van der Waals surface area contributed by atoms with Crippen LogP contribution < -0.4 is 26.4 Å². The van der Waals surface area contributed by atoms with Gasteiger partial charge in [-0.3, -0.25) is 9.78 Å². The van der Waals surface area contributed by atoms with Gasteiger partial charge in [-0.15, -0.1) is 0 Å². The van der Waals surface area contributed by atoms with E-state index in [2.05, 4.69) is 20.9 Å². The lowest BCUT2D eigenvalue weighted by molar-refractivity contribution is -0.137. The van der Waals surface area contributed by atoms with E-state index in [1.54, 1.807) is 30.3 Å². The maximum atomic E-state index is 13.0. The number of ether oxygens (including phenoxy) is 1. The zero-order valence-corrected chi connectivity index (χ0v) is 18.8. The smallest absolute Gasteiger partial charge is 0.416 e. The number of rotatable bonds is 8. The number of halogens is 3. The Balaban J connectivity index is 1.60. The van der Waals surface area contributed by atoms with E-state index in [1.165, 1.54) is 25.4 Å². The second kappa shape index (κ2) is 11.3. The number of pyridine rings is 1. The van der Waals surface area contributed by atoms with Crippen molar-refractivity contribution in [3.05, 3.63) is 83.2 Å². The molecule has 3 aromatic rings. The fourth-order valence-corrected chi connectivity index (χ4v) is 3.13. The van der Waals surface area contributed by atoms with E-state index in [-0.39, 0.29) is 30.4 Å². The van der Waals surface area contributed by atoms with Gasteiger partial charge >= 0.3 is 12.2 Å². The molecule has 0 saturated heterocycles. The van der Waals surface area contributed by atoms with Crippen LogP contribution >= 0.6 is 0 Å². The lowest BCUT2D eigenvalue weighted by Crippen LogP contribution is -2.29. The summed E-state index contributed by atoms with van der Waals surface area (Å²) in [4.78, 5) is 28.0. The molecule has 0 aliphatic rings. The molecule has 1 aromatic heterocycles. The van der Waals surface area contributed by atoms with Crippen molar-refractivity contribution in [3.8, 4) is 11.5 Å². The minimum Gasteiger partial charge on any atom is -0.457 e. The summed E-state index contributed by atoms with van der Waals surface area (Å²) in [5.74, 6) is 0.594. The largest absolute Gasteiger partial charge is 0.457 e. The molecule has 0 aliphatic heterocycles. The van der Waals surface area contributed by atoms with E-state index in [1.807, 2.05) is 0 Å². The molecule has 2 aromatic carbocycles. The van der Waals surface area contributed by atoms with Crippen LogP contribution in [0.4, 0.5) is 23.7 Å². The summed E-state index contributed by atoms with van der Waals surface area (Å²) < 4.78 is 44.9. The number of hydrogen-bond acceptors (Lipinski definition) is 5. The molecule has 0 aliphatic carbocycles. The molecule has 11 heteroatoms. The van der Waals surface area contributed by atoms with E-state index >= 15 is 0 Å². The minimum absolute atomic E-state index is 0.0556. The van der Waals surface area contributed by atoms with Gasteiger partial charge in [-0.2, -0.15) is 13.2 Å². The van der Waals surface area contributed by atoms with Crippen molar-refractivity contribution in [2.75, 3.05) is 18.9 Å². The van der Waals surface area contributed by atoms with Crippen LogP contribution in [-0.4, -0.2) is 30.5 Å². The summed E-state index contributed by atoms with van der Waals surface area (Å²) in [5.41, 5.74) is 6.18. The Morgan fingerprint density at radius 3 is 2.43 bits per heavy atom. The second-order valence-electron chi connectivity index (χ2n) is 7.42. The van der Waals surface area contributed by atoms with Crippen LogP contribution in [-0.2, 0) is 19.1 Å². The molecule has 0 radical (unpaired) electrons. The molecule has 0 saturated carbocycles. The van der Waals surface area contributed by atoms with Gasteiger partial charge in [0, 0.05) is 31.5 Å². The number of amides is 3. The molecular formula is C24H24F3N5O3. The van der Waals surface area contributed by atoms with Crippen LogP contribution in [0.2, 0.25) is 0 Å². The number of nitrogens with two attached hydrogens (primary N) is 1. The molecule has 184 valence electrons. The van der Waals surface area contributed by atoms with Crippen molar-refractivity contribution in [2.24, 2.45) is 5.73 Å². The van der Waals surface area contributed by atoms with Crippen LogP contribution in [0.5, 0.6) is 11.5 Å². The average Bonchev–Trinajstić information content (AvgIpc) is 2.84. The topological polar surface area (TPSA) is 118 Å². The fraction of sp³-hybridized carbons (Fsp3) is 0.208. The number of nitrogens with zero attached hydrogens (tertiary/aromatic N) is 1. The number of anilines is 1. The van der Waals surface area contributed by atoms with Crippen molar-refractivity contribution in [2.45, 2.75) is 19.1 Å². The highest BCUT2D eigenvalue weighted by atomic mass is 19.4. The molecular weight excluding hydrogens is 463 g/mol. The summed E-state index contributed by atoms with van der Waals surface area (Å²) >= 11 is 0. The molecule has 5 N–H and O–H groups in total. The number of aromatic nitrogens is 1. The quantitative estimate of drug-likeness (QED) is 0.382. The number of carbonyl (C=O) groups excluding carboxylic acids is 2. The maximum Gasteiger partial charge on any atom is 0.416 e. The first kappa shape index (κ1) is 25.5. The third-order valence-electron chi connectivity index (χ3n) is 4.90. The Morgan fingerprint density at radius 1 is 1.03 bits per heavy atom. The maximum absolute atomic E-state index is 13.0. The molecule has 35 heavy (non-hydrogen) atoms. The van der Waals surface area contributed by atoms with E-state index < -0.39 is 17.8 Å². The first-order valence-electron chi connectivity index (χ1n) is 10.6. The third kappa shape index (κ3) is 7.18. The molecule has 3 amide bonds. The van der Waals surface area contributed by atoms with Gasteiger partial charge in [-0.1, -0.05) is 18.2 Å². The van der Waals surface area contributed by atoms with Gasteiger partial charge in [-0.05, 0) is 54.4 Å². The molecule has 0 atom stereocenters. The highest BCUT2D eigenvalue weighted by molar-refractivity contribution is 5.92. The zero-order chi connectivity index (χ0) is 25.4. The van der Waals surface area contributed by atoms with Gasteiger partial charge in [0.1, 0.15) is 17.2 Å². The van der Waals surface area contributed by atoms with Crippen molar-refractivity contribution in [1.29, 1.82) is 0 Å². The summed E-state index contributed by atoms with van der Waals surface area (Å²) in [6, 6.07) is 12.4. The Labute approximate surface area is 199 Å². The van der Waals surface area contributed by atoms with Gasteiger partial charge < -0.3 is 26.4 Å². The van der Waals surface area contributed by atoms with Crippen molar-refractivity contribution in [1.82, 2.24) is 15.6 Å². The summed E-state index contributed by atoms with van der Waals surface area (Å²) in [6.07, 6.45) is -2.75. The van der Waals surface area contributed by atoms with E-state index in [0.29, 0.717) is 23.5 Å². The third-order valence-corrected chi connectivity index (χ3v) is 4.90. The molecule has 3 rings (SSSR count). The first-order valence-corrected chi connectivity index (χ1v) is 10.6. The number of nitrogens with one attached hydrogen (secondary N) is 3. The van der Waals surface area contributed by atoms with Crippen LogP contribution in [0.25, 0.3) is 0 Å². The van der Waals surface area contributed by atoms with Crippen molar-refractivity contribution < 1.29 is 27.5 Å². The molecule has 0 bridgehead atoms. The Morgan fingerprint density at radius 2 is 1.77 bits per heavy atom. The van der Waals surface area contributed by atoms with E-state index in [4.69, 9.17) is 10.5 Å². The van der Waals surface area contributed by atoms with Gasteiger partial charge in [0.2, 0.25) is 0 Å². The van der Waals surface area contributed by atoms with E-state index in [9.17, 15) is 22.8 Å². The Hall–Kier alpha value is -4.12. The monoisotopic (exact) mass is 487 g/mol. The first-order chi connectivity index (χ1) is 16.7. The van der Waals surface area contributed by atoms with Gasteiger partial charge in [0.15, 0.2) is 0 Å².